The summed E-state index contributed by atoms with van der Waals surface area (Å²) in [5.41, 5.74) is 0. The van der Waals surface area contributed by atoms with Crippen LogP contribution >= 0.6 is 12.0 Å². The molecule has 4 fully saturated rings. The lowest BCUT2D eigenvalue weighted by atomic mass is 10.0. The fourth-order valence-corrected chi connectivity index (χ4v) is 6.87. The van der Waals surface area contributed by atoms with Gasteiger partial charge in [0, 0.05) is 31.4 Å². The normalized spacial score (nSPS) is 21.6. The Bertz CT molecular complexity index is 1160. The van der Waals surface area contributed by atoms with Gasteiger partial charge in [0.2, 0.25) is 10.4 Å². The average Bonchev–Trinajstić information content (AvgIpc) is 3.48. The first-order chi connectivity index (χ1) is 23.8. The molecule has 304 valence electrons. The zero-order chi connectivity index (χ0) is 37.7. The van der Waals surface area contributed by atoms with Gasteiger partial charge in [-0.15, -0.1) is 4.33 Å². The summed E-state index contributed by atoms with van der Waals surface area (Å²) in [6.45, 7) is 15.7. The fraction of sp³-hybridized carbons (Fsp3) is 0.879. The third-order valence-corrected chi connectivity index (χ3v) is 9.72. The van der Waals surface area contributed by atoms with Crippen molar-refractivity contribution in [3.05, 3.63) is 0 Å². The van der Waals surface area contributed by atoms with E-state index in [1.165, 1.54) is 91.8 Å². The molecule has 17 nitrogen and oxygen atoms in total. The number of carbonyl (C=O) groups is 2. The molecule has 4 rings (SSSR count). The van der Waals surface area contributed by atoms with Crippen molar-refractivity contribution in [3.63, 3.8) is 0 Å². The second kappa shape index (κ2) is 27.2. The van der Waals surface area contributed by atoms with Crippen molar-refractivity contribution in [2.24, 2.45) is 0 Å². The van der Waals surface area contributed by atoms with Crippen LogP contribution in [-0.4, -0.2) is 130 Å². The zero-order valence-electron chi connectivity index (χ0n) is 30.1. The number of urea groups is 2. The van der Waals surface area contributed by atoms with Crippen LogP contribution in [0.4, 0.5) is 9.59 Å². The number of hydrogen-bond donors (Lipinski definition) is 2. The third kappa shape index (κ3) is 16.7. The highest BCUT2D eigenvalue weighted by Crippen LogP contribution is 2.30. The monoisotopic (exact) mass is 783 g/mol. The van der Waals surface area contributed by atoms with Gasteiger partial charge in [0.15, 0.2) is 0 Å². The Morgan fingerprint density at radius 1 is 0.808 bits per heavy atom. The maximum absolute atomic E-state index is 11.6. The molecule has 0 spiro atoms. The zero-order valence-corrected chi connectivity index (χ0v) is 31.8. The van der Waals surface area contributed by atoms with Crippen molar-refractivity contribution >= 4 is 34.5 Å². The van der Waals surface area contributed by atoms with Crippen LogP contribution in [0.25, 0.3) is 0 Å². The third-order valence-electron chi connectivity index (χ3n) is 9.18. The standard InChI is InChI=1S/C16H36N.C7H9N3O5S.C7H9N3O2.CH4O3S.2CH4/c1-5-9-13-17(14-10-6-2,15-11-7-3)16-12-8-4;8-3-5-1-2-6-4-9(5)7(11)10(6)15-16(12,13)14;8-3-5-1-2-6-4-9(5)7(11)10(6)12;1-5-4-3-2;;/h5-16H2,1-4H3;5-6H,1-2,4H2,(H,12,13,14);5-6,12H,1-2,4H2;2H,1H3;2*1H4/q+1;;;;;/p-1/t;2*5-,6+;;;/m.00.../s1. The van der Waals surface area contributed by atoms with Crippen molar-refractivity contribution in [1.29, 1.82) is 10.5 Å². The fourth-order valence-electron chi connectivity index (χ4n) is 6.42. The Balaban J connectivity index is 0. The van der Waals surface area contributed by atoms with Gasteiger partial charge < -0.3 is 18.8 Å². The van der Waals surface area contributed by atoms with Crippen LogP contribution in [0.5, 0.6) is 0 Å². The predicted molar refractivity (Wildman–Crippen MR) is 196 cm³/mol. The summed E-state index contributed by atoms with van der Waals surface area (Å²) >= 11 is 0.929. The van der Waals surface area contributed by atoms with Crippen molar-refractivity contribution in [2.45, 2.75) is 144 Å². The topological polar surface area (TPSA) is 220 Å². The van der Waals surface area contributed by atoms with Crippen molar-refractivity contribution < 1.29 is 51.2 Å². The van der Waals surface area contributed by atoms with E-state index in [0.717, 1.165) is 23.5 Å². The van der Waals surface area contributed by atoms with Gasteiger partial charge in [-0.05, 0) is 51.4 Å². The van der Waals surface area contributed by atoms with Gasteiger partial charge in [0.1, 0.15) is 12.1 Å². The summed E-state index contributed by atoms with van der Waals surface area (Å²) in [6.07, 6.45) is 15.0. The summed E-state index contributed by atoms with van der Waals surface area (Å²) in [6, 6.07) is 1.34. The Labute approximate surface area is 316 Å². The number of amides is 4. The van der Waals surface area contributed by atoms with Crippen molar-refractivity contribution in [3.8, 4) is 12.1 Å². The number of hydroxylamine groups is 4. The first-order valence-corrected chi connectivity index (χ1v) is 20.0. The molecule has 4 aliphatic heterocycles. The van der Waals surface area contributed by atoms with Gasteiger partial charge in [0.05, 0.1) is 50.4 Å². The molecule has 0 aliphatic carbocycles. The first kappa shape index (κ1) is 51.6. The smallest absolute Gasteiger partial charge is 0.346 e. The molecule has 4 saturated heterocycles. The number of hydrogen-bond acceptors (Lipinski definition) is 13. The van der Waals surface area contributed by atoms with E-state index in [1.54, 1.807) is 6.26 Å². The van der Waals surface area contributed by atoms with E-state index < -0.39 is 34.5 Å². The summed E-state index contributed by atoms with van der Waals surface area (Å²) < 4.78 is 40.5. The van der Waals surface area contributed by atoms with Gasteiger partial charge in [0.25, 0.3) is 0 Å². The average molecular weight is 784 g/mol. The van der Waals surface area contributed by atoms with Gasteiger partial charge in [-0.2, -0.15) is 19.9 Å². The number of piperidine rings is 2. The van der Waals surface area contributed by atoms with Crippen LogP contribution in [0.1, 0.15) is 120 Å². The van der Waals surface area contributed by atoms with E-state index in [0.29, 0.717) is 30.9 Å². The highest BCUT2D eigenvalue weighted by Gasteiger charge is 2.47. The number of nitriles is 2. The number of nitrogens with zero attached hydrogens (tertiary/aromatic N) is 7. The first-order valence-electron chi connectivity index (χ1n) is 17.5. The number of unbranched alkanes of at least 4 members (excludes halogenated alkanes) is 4. The minimum atomic E-state index is -4.96. The molecule has 0 aromatic heterocycles. The molecule has 0 radical (unpaired) electrons. The molecule has 4 amide bonds. The van der Waals surface area contributed by atoms with Crippen LogP contribution in [0, 0.1) is 22.7 Å². The SMILES string of the molecule is C.C.CCCC[N+](CCCC)(CCCC)CCCC.CSOOO.N#C[C@@H]1CC[C@@H]2CN1C(=O)N2O.N#C[C@@H]1CC[C@@H]2CN1C(=O)N2OS(=O)(=O)[O-]. The van der Waals surface area contributed by atoms with E-state index >= 15 is 0 Å². The van der Waals surface area contributed by atoms with Crippen LogP contribution < -0.4 is 0 Å². The molecular formula is C33H65N7O10S2. The second-order valence-corrected chi connectivity index (χ2v) is 14.2. The molecule has 52 heavy (non-hydrogen) atoms. The van der Waals surface area contributed by atoms with Gasteiger partial charge in [-0.1, -0.05) is 73.3 Å². The predicted octanol–water partition coefficient (Wildman–Crippen LogP) is 6.30. The minimum Gasteiger partial charge on any atom is -0.724 e. The van der Waals surface area contributed by atoms with Gasteiger partial charge in [-0.25, -0.2) is 28.3 Å². The van der Waals surface area contributed by atoms with E-state index in [-0.39, 0.29) is 33.5 Å². The summed E-state index contributed by atoms with van der Waals surface area (Å²) in [7, 11) is -4.96. The Kier molecular flexibility index (Phi) is 27.0. The number of rotatable bonds is 16. The maximum atomic E-state index is 11.6. The number of quaternary nitrogens is 1. The highest BCUT2D eigenvalue weighted by atomic mass is 32.3. The molecule has 0 aromatic carbocycles. The highest BCUT2D eigenvalue weighted by molar-refractivity contribution is 7.93. The molecule has 4 atom stereocenters. The molecule has 0 aromatic rings. The molecule has 4 aliphatic rings. The van der Waals surface area contributed by atoms with Crippen molar-refractivity contribution in [1.82, 2.24) is 19.9 Å². The van der Waals surface area contributed by atoms with Crippen LogP contribution in [0.3, 0.4) is 0 Å². The van der Waals surface area contributed by atoms with E-state index in [2.05, 4.69) is 41.4 Å². The van der Waals surface area contributed by atoms with Gasteiger partial charge >= 0.3 is 12.1 Å². The number of carbonyl (C=O) groups excluding carboxylic acids is 2. The summed E-state index contributed by atoms with van der Waals surface area (Å²) in [5, 5.41) is 38.4. The minimum absolute atomic E-state index is 0. The van der Waals surface area contributed by atoms with Crippen LogP contribution in [0.2, 0.25) is 0 Å². The second-order valence-electron chi connectivity index (χ2n) is 12.7. The van der Waals surface area contributed by atoms with E-state index in [9.17, 15) is 27.8 Å². The largest absolute Gasteiger partial charge is 0.724 e. The lowest BCUT2D eigenvalue weighted by Crippen LogP contribution is -2.50. The lowest BCUT2D eigenvalue weighted by Gasteiger charge is -2.39. The quantitative estimate of drug-likeness (QED) is 0.0334. The molecular weight excluding hydrogens is 719 g/mol. The number of fused-ring (bicyclic) bond motifs is 4. The molecule has 4 bridgehead atoms. The maximum Gasteiger partial charge on any atom is 0.346 e. The molecule has 19 heteroatoms. The van der Waals surface area contributed by atoms with Crippen LogP contribution in [0.15, 0.2) is 0 Å². The molecule has 0 saturated carbocycles. The van der Waals surface area contributed by atoms with E-state index in [4.69, 9.17) is 15.8 Å². The molecule has 0 unspecified atom stereocenters. The van der Waals surface area contributed by atoms with Crippen molar-refractivity contribution in [2.75, 3.05) is 45.5 Å². The van der Waals surface area contributed by atoms with E-state index in [1.807, 2.05) is 12.1 Å². The Hall–Kier alpha value is -2.46. The van der Waals surface area contributed by atoms with Crippen LogP contribution in [-0.2, 0) is 24.1 Å². The molecule has 4 heterocycles. The molecule has 2 N–H and O–H groups in total. The van der Waals surface area contributed by atoms with Gasteiger partial charge in [-0.3, -0.25) is 5.21 Å². The summed E-state index contributed by atoms with van der Waals surface area (Å²) in [5.74, 6) is 0. The lowest BCUT2D eigenvalue weighted by molar-refractivity contribution is -0.929. The Morgan fingerprint density at radius 3 is 1.56 bits per heavy atom. The summed E-state index contributed by atoms with van der Waals surface area (Å²) in [4.78, 5) is 25.4. The Morgan fingerprint density at radius 2 is 1.21 bits per heavy atom.